The average molecular weight is 795 g/mol. The molecular formula is C46H82O10. The van der Waals surface area contributed by atoms with Gasteiger partial charge in [0.1, 0.15) is 31.0 Å². The van der Waals surface area contributed by atoms with Crippen molar-refractivity contribution in [1.82, 2.24) is 0 Å². The molecule has 0 spiro atoms. The summed E-state index contributed by atoms with van der Waals surface area (Å²) in [5, 5.41) is 40.0. The predicted octanol–water partition coefficient (Wildman–Crippen LogP) is 9.50. The van der Waals surface area contributed by atoms with Crippen LogP contribution in [-0.4, -0.2) is 89.0 Å². The van der Waals surface area contributed by atoms with Crippen LogP contribution < -0.4 is 0 Å². The van der Waals surface area contributed by atoms with Crippen LogP contribution >= 0.6 is 0 Å². The first-order valence-electron chi connectivity index (χ1n) is 22.6. The van der Waals surface area contributed by atoms with Crippen LogP contribution in [0.25, 0.3) is 0 Å². The van der Waals surface area contributed by atoms with Crippen LogP contribution in [0.1, 0.15) is 187 Å². The second kappa shape index (κ2) is 37.2. The van der Waals surface area contributed by atoms with Gasteiger partial charge in [0, 0.05) is 12.8 Å². The monoisotopic (exact) mass is 795 g/mol. The van der Waals surface area contributed by atoms with E-state index in [0.717, 1.165) is 77.0 Å². The first-order valence-corrected chi connectivity index (χ1v) is 22.6. The van der Waals surface area contributed by atoms with E-state index in [1.807, 2.05) is 0 Å². The van der Waals surface area contributed by atoms with Gasteiger partial charge < -0.3 is 39.4 Å². The molecule has 326 valence electrons. The van der Waals surface area contributed by atoms with Gasteiger partial charge in [-0.15, -0.1) is 0 Å². The molecule has 1 heterocycles. The van der Waals surface area contributed by atoms with Gasteiger partial charge in [-0.25, -0.2) is 0 Å². The van der Waals surface area contributed by atoms with Crippen molar-refractivity contribution < 1.29 is 49.0 Å². The maximum Gasteiger partial charge on any atom is 0.306 e. The van der Waals surface area contributed by atoms with Gasteiger partial charge in [0.05, 0.1) is 13.2 Å². The number of carbonyl (C=O) groups excluding carboxylic acids is 2. The van der Waals surface area contributed by atoms with E-state index in [2.05, 4.69) is 50.3 Å². The van der Waals surface area contributed by atoms with E-state index in [1.54, 1.807) is 0 Å². The van der Waals surface area contributed by atoms with Gasteiger partial charge in [-0.2, -0.15) is 0 Å². The second-order valence-electron chi connectivity index (χ2n) is 15.5. The molecule has 0 amide bonds. The fraction of sp³-hybridized carbons (Fsp3) is 0.826. The molecule has 6 unspecified atom stereocenters. The van der Waals surface area contributed by atoms with Gasteiger partial charge in [-0.3, -0.25) is 9.59 Å². The van der Waals surface area contributed by atoms with E-state index in [9.17, 15) is 30.0 Å². The molecule has 1 rings (SSSR count). The number of ether oxygens (including phenoxy) is 4. The number of allylic oxidation sites excluding steroid dienone is 6. The van der Waals surface area contributed by atoms with Gasteiger partial charge in [0.15, 0.2) is 12.4 Å². The summed E-state index contributed by atoms with van der Waals surface area (Å²) < 4.78 is 22.1. The molecule has 4 N–H and O–H groups in total. The number of hydrogen-bond donors (Lipinski definition) is 4. The minimum atomic E-state index is -1.60. The summed E-state index contributed by atoms with van der Waals surface area (Å²) in [7, 11) is 0. The lowest BCUT2D eigenvalue weighted by Crippen LogP contribution is -2.59. The highest BCUT2D eigenvalue weighted by Gasteiger charge is 2.44. The van der Waals surface area contributed by atoms with Crippen molar-refractivity contribution in [3.63, 3.8) is 0 Å². The summed E-state index contributed by atoms with van der Waals surface area (Å²) in [6.07, 6.45) is 34.4. The van der Waals surface area contributed by atoms with Crippen molar-refractivity contribution in [3.8, 4) is 0 Å². The Morgan fingerprint density at radius 2 is 1.04 bits per heavy atom. The molecular weight excluding hydrogens is 712 g/mol. The fourth-order valence-corrected chi connectivity index (χ4v) is 6.63. The smallest absolute Gasteiger partial charge is 0.306 e. The average Bonchev–Trinajstić information content (AvgIpc) is 3.19. The van der Waals surface area contributed by atoms with Crippen molar-refractivity contribution in [2.75, 3.05) is 19.8 Å². The molecule has 0 aliphatic carbocycles. The predicted molar refractivity (Wildman–Crippen MR) is 224 cm³/mol. The highest BCUT2D eigenvalue weighted by molar-refractivity contribution is 5.70. The van der Waals surface area contributed by atoms with Crippen molar-refractivity contribution >= 4 is 11.9 Å². The van der Waals surface area contributed by atoms with Crippen molar-refractivity contribution in [1.29, 1.82) is 0 Å². The standard InChI is InChI=1S/C46H82O10/c1-3-5-7-9-11-13-15-17-18-19-20-21-23-24-26-28-30-32-34-41(48)53-37-39(38-54-46-45(52)44(51)43(50)40(36-47)56-46)55-42(49)35-33-31-29-27-25-22-16-14-12-10-8-6-4-2/h8,10,14,16,18-19,39-40,43-47,50-52H,3-7,9,11-13,15,17,20-38H2,1-2H3/b10-8-,16-14-,19-18-. The minimum absolute atomic E-state index is 0.213. The quantitative estimate of drug-likeness (QED) is 0.0272. The lowest BCUT2D eigenvalue weighted by Gasteiger charge is -2.39. The maximum atomic E-state index is 12.7. The van der Waals surface area contributed by atoms with Gasteiger partial charge in [0.25, 0.3) is 0 Å². The van der Waals surface area contributed by atoms with Gasteiger partial charge >= 0.3 is 11.9 Å². The third-order valence-corrected chi connectivity index (χ3v) is 10.2. The zero-order valence-electron chi connectivity index (χ0n) is 35.4. The Morgan fingerprint density at radius 1 is 0.554 bits per heavy atom. The first-order chi connectivity index (χ1) is 27.3. The molecule has 0 radical (unpaired) electrons. The minimum Gasteiger partial charge on any atom is -0.462 e. The van der Waals surface area contributed by atoms with E-state index in [0.29, 0.717) is 6.42 Å². The molecule has 1 aliphatic rings. The normalized spacial score (nSPS) is 20.7. The topological polar surface area (TPSA) is 152 Å². The summed E-state index contributed by atoms with van der Waals surface area (Å²) in [4.78, 5) is 25.3. The van der Waals surface area contributed by atoms with Crippen LogP contribution in [0.15, 0.2) is 36.5 Å². The highest BCUT2D eigenvalue weighted by atomic mass is 16.7. The van der Waals surface area contributed by atoms with Crippen molar-refractivity contribution in [2.45, 2.75) is 224 Å². The Labute approximate surface area is 340 Å². The number of aliphatic hydroxyl groups is 4. The van der Waals surface area contributed by atoms with Crippen molar-refractivity contribution in [2.24, 2.45) is 0 Å². The molecule has 0 saturated carbocycles. The molecule has 0 bridgehead atoms. The van der Waals surface area contributed by atoms with Crippen LogP contribution in [-0.2, 0) is 28.5 Å². The zero-order chi connectivity index (χ0) is 40.9. The number of esters is 2. The summed E-state index contributed by atoms with van der Waals surface area (Å²) in [5.41, 5.74) is 0. The summed E-state index contributed by atoms with van der Waals surface area (Å²) in [6, 6.07) is 0. The molecule has 0 aromatic rings. The Morgan fingerprint density at radius 3 is 1.57 bits per heavy atom. The molecule has 1 aliphatic heterocycles. The van der Waals surface area contributed by atoms with E-state index in [-0.39, 0.29) is 32.0 Å². The second-order valence-corrected chi connectivity index (χ2v) is 15.5. The molecule has 10 nitrogen and oxygen atoms in total. The van der Waals surface area contributed by atoms with Gasteiger partial charge in [-0.1, -0.05) is 147 Å². The van der Waals surface area contributed by atoms with E-state index < -0.39 is 49.4 Å². The fourth-order valence-electron chi connectivity index (χ4n) is 6.63. The van der Waals surface area contributed by atoms with E-state index in [4.69, 9.17) is 18.9 Å². The Balaban J connectivity index is 2.32. The summed E-state index contributed by atoms with van der Waals surface area (Å²) in [6.45, 7) is 3.34. The van der Waals surface area contributed by atoms with Gasteiger partial charge in [-0.05, 0) is 64.2 Å². The van der Waals surface area contributed by atoms with Crippen LogP contribution in [0.4, 0.5) is 0 Å². The third kappa shape index (κ3) is 28.3. The first kappa shape index (κ1) is 51.9. The van der Waals surface area contributed by atoms with Crippen LogP contribution in [0.5, 0.6) is 0 Å². The SMILES string of the molecule is CCC/C=C\C/C=C\CCCCCCCC(=O)OC(COC(=O)CCCCCCCCC/C=C\CCCCCCCCC)COC1OC(CO)C(O)C(O)C1O. The number of carbonyl (C=O) groups is 2. The van der Waals surface area contributed by atoms with Crippen molar-refractivity contribution in [3.05, 3.63) is 36.5 Å². The number of aliphatic hydroxyl groups excluding tert-OH is 4. The zero-order valence-corrected chi connectivity index (χ0v) is 35.4. The van der Waals surface area contributed by atoms with Crippen LogP contribution in [0, 0.1) is 0 Å². The lowest BCUT2D eigenvalue weighted by molar-refractivity contribution is -0.305. The molecule has 6 atom stereocenters. The highest BCUT2D eigenvalue weighted by Crippen LogP contribution is 2.22. The van der Waals surface area contributed by atoms with Gasteiger partial charge in [0.2, 0.25) is 0 Å². The van der Waals surface area contributed by atoms with Crippen LogP contribution in [0.3, 0.4) is 0 Å². The number of rotatable bonds is 37. The van der Waals surface area contributed by atoms with E-state index >= 15 is 0 Å². The Bertz CT molecular complexity index is 1010. The Kier molecular flexibility index (Phi) is 34.5. The summed E-state index contributed by atoms with van der Waals surface area (Å²) >= 11 is 0. The molecule has 56 heavy (non-hydrogen) atoms. The molecule has 10 heteroatoms. The van der Waals surface area contributed by atoms with Crippen LogP contribution in [0.2, 0.25) is 0 Å². The molecule has 0 aromatic heterocycles. The maximum absolute atomic E-state index is 12.7. The lowest BCUT2D eigenvalue weighted by atomic mass is 9.99. The largest absolute Gasteiger partial charge is 0.462 e. The van der Waals surface area contributed by atoms with E-state index in [1.165, 1.54) is 77.0 Å². The summed E-state index contributed by atoms with van der Waals surface area (Å²) in [5.74, 6) is -0.827. The number of unbranched alkanes of at least 4 members (excludes halogenated alkanes) is 20. The Hall–Kier alpha value is -2.08. The number of hydrogen-bond acceptors (Lipinski definition) is 10. The molecule has 1 saturated heterocycles. The molecule has 0 aromatic carbocycles. The molecule has 1 fully saturated rings. The third-order valence-electron chi connectivity index (χ3n) is 10.2.